The van der Waals surface area contributed by atoms with Gasteiger partial charge in [-0.05, 0) is 25.3 Å². The third-order valence-corrected chi connectivity index (χ3v) is 6.87. The van der Waals surface area contributed by atoms with Gasteiger partial charge in [0.25, 0.3) is 5.91 Å². The number of alkyl halides is 3. The quantitative estimate of drug-likeness (QED) is 0.473. The zero-order chi connectivity index (χ0) is 26.6. The predicted molar refractivity (Wildman–Crippen MR) is 124 cm³/mol. The van der Waals surface area contributed by atoms with Crippen molar-refractivity contribution in [2.24, 2.45) is 5.92 Å². The van der Waals surface area contributed by atoms with Crippen molar-refractivity contribution in [3.63, 3.8) is 0 Å². The van der Waals surface area contributed by atoms with Gasteiger partial charge in [0.05, 0.1) is 19.3 Å². The second-order valence-electron chi connectivity index (χ2n) is 9.56. The van der Waals surface area contributed by atoms with E-state index >= 15 is 0 Å². The van der Waals surface area contributed by atoms with Crippen LogP contribution in [0.3, 0.4) is 0 Å². The van der Waals surface area contributed by atoms with Crippen LogP contribution in [-0.4, -0.2) is 104 Å². The Labute approximate surface area is 213 Å². The molecule has 0 aromatic carbocycles. The summed E-state index contributed by atoms with van der Waals surface area (Å²) in [5.41, 5.74) is 5.41. The second kappa shape index (κ2) is 11.9. The molecule has 0 spiro atoms. The lowest BCUT2D eigenvalue weighted by Gasteiger charge is -2.36. The number of hydrogen-bond donors (Lipinski definition) is 2. The monoisotopic (exact) mass is 530 g/mol. The van der Waals surface area contributed by atoms with Gasteiger partial charge in [-0.3, -0.25) is 15.0 Å². The van der Waals surface area contributed by atoms with E-state index < -0.39 is 36.3 Å². The Bertz CT molecular complexity index is 928. The highest BCUT2D eigenvalue weighted by atomic mass is 19.4. The summed E-state index contributed by atoms with van der Waals surface area (Å²) >= 11 is 0. The summed E-state index contributed by atoms with van der Waals surface area (Å²) in [5, 5.41) is 0. The molecule has 3 aliphatic heterocycles. The van der Waals surface area contributed by atoms with Crippen molar-refractivity contribution in [2.75, 3.05) is 51.4 Å². The minimum Gasteiger partial charge on any atom is -0.382 e. The molecule has 14 heteroatoms. The van der Waals surface area contributed by atoms with Crippen molar-refractivity contribution in [1.82, 2.24) is 25.7 Å². The smallest absolute Gasteiger partial charge is 0.382 e. The van der Waals surface area contributed by atoms with E-state index in [9.17, 15) is 22.8 Å². The van der Waals surface area contributed by atoms with Gasteiger partial charge >= 0.3 is 6.18 Å². The van der Waals surface area contributed by atoms with Crippen LogP contribution in [-0.2, 0) is 23.8 Å². The van der Waals surface area contributed by atoms with Gasteiger partial charge in [0.1, 0.15) is 12.2 Å². The van der Waals surface area contributed by atoms with Crippen molar-refractivity contribution in [3.8, 4) is 0 Å². The SMILES string of the molecule is COC[C@@H](CO[C@@H]1CCN(C2CCN(c3ncc(C)cn3)CC2)C1=O)OC1CNNC(=O)C1C(F)(F)F. The third kappa shape index (κ3) is 6.67. The van der Waals surface area contributed by atoms with Crippen LogP contribution in [0.15, 0.2) is 12.4 Å². The topological polar surface area (TPSA) is 118 Å². The Morgan fingerprint density at radius 2 is 1.81 bits per heavy atom. The van der Waals surface area contributed by atoms with Crippen molar-refractivity contribution in [2.45, 2.75) is 56.7 Å². The molecule has 4 atom stereocenters. The summed E-state index contributed by atoms with van der Waals surface area (Å²) in [5.74, 6) is -2.97. The van der Waals surface area contributed by atoms with Crippen LogP contribution in [0.2, 0.25) is 0 Å². The molecule has 2 unspecified atom stereocenters. The number of aryl methyl sites for hydroxylation is 1. The summed E-state index contributed by atoms with van der Waals surface area (Å²) in [7, 11) is 1.39. The maximum atomic E-state index is 13.4. The standard InChI is InChI=1S/C23H33F3N6O5/c1-14-9-27-22(28-10-14)31-6-3-15(4-7-31)32-8-5-17(21(32)34)36-13-16(12-35-2)37-18-11-29-30-20(33)19(18)23(24,25)26/h9-10,15-19,29H,3-8,11-13H2,1-2H3,(H,30,33)/t16-,17+,18?,19?/m0/s1. The molecule has 4 rings (SSSR count). The number of carbonyl (C=O) groups excluding carboxylic acids is 2. The average molecular weight is 531 g/mol. The largest absolute Gasteiger partial charge is 0.403 e. The molecule has 37 heavy (non-hydrogen) atoms. The Balaban J connectivity index is 1.28. The first-order chi connectivity index (χ1) is 17.7. The molecule has 1 aromatic rings. The highest BCUT2D eigenvalue weighted by Crippen LogP contribution is 2.32. The number of carbonyl (C=O) groups is 2. The van der Waals surface area contributed by atoms with Gasteiger partial charge in [-0.25, -0.2) is 15.4 Å². The van der Waals surface area contributed by atoms with E-state index in [-0.39, 0.29) is 31.7 Å². The lowest BCUT2D eigenvalue weighted by atomic mass is 9.99. The molecule has 3 fully saturated rings. The normalized spacial score (nSPS) is 26.5. The molecule has 2 amide bonds. The van der Waals surface area contributed by atoms with E-state index in [0.29, 0.717) is 18.9 Å². The molecule has 0 saturated carbocycles. The second-order valence-corrected chi connectivity index (χ2v) is 9.56. The van der Waals surface area contributed by atoms with Gasteiger partial charge in [-0.2, -0.15) is 13.2 Å². The Morgan fingerprint density at radius 1 is 1.11 bits per heavy atom. The number of ether oxygens (including phenoxy) is 3. The van der Waals surface area contributed by atoms with Crippen LogP contribution in [0.5, 0.6) is 0 Å². The van der Waals surface area contributed by atoms with Crippen molar-refractivity contribution < 1.29 is 37.0 Å². The minimum absolute atomic E-state index is 0.0487. The van der Waals surface area contributed by atoms with Crippen LogP contribution >= 0.6 is 0 Å². The first kappa shape index (κ1) is 27.5. The molecule has 1 aromatic heterocycles. The van der Waals surface area contributed by atoms with Crippen molar-refractivity contribution >= 4 is 17.8 Å². The van der Waals surface area contributed by atoms with Gasteiger partial charge in [0.15, 0.2) is 5.92 Å². The fraction of sp³-hybridized carbons (Fsp3) is 0.739. The highest BCUT2D eigenvalue weighted by Gasteiger charge is 2.52. The maximum absolute atomic E-state index is 13.4. The van der Waals surface area contributed by atoms with Crippen LogP contribution in [0.1, 0.15) is 24.8 Å². The third-order valence-electron chi connectivity index (χ3n) is 6.87. The Morgan fingerprint density at radius 3 is 2.46 bits per heavy atom. The minimum atomic E-state index is -4.77. The van der Waals surface area contributed by atoms with Crippen LogP contribution in [0, 0.1) is 12.8 Å². The summed E-state index contributed by atoms with van der Waals surface area (Å²) in [6, 6.07) is 0.0770. The number of hydrogen-bond acceptors (Lipinski definition) is 9. The number of halogens is 3. The molecule has 0 radical (unpaired) electrons. The number of rotatable bonds is 9. The van der Waals surface area contributed by atoms with E-state index in [2.05, 4.69) is 20.3 Å². The van der Waals surface area contributed by atoms with E-state index in [1.54, 1.807) is 12.4 Å². The van der Waals surface area contributed by atoms with Crippen LogP contribution in [0.4, 0.5) is 19.1 Å². The molecule has 4 heterocycles. The van der Waals surface area contributed by atoms with E-state index in [4.69, 9.17) is 14.2 Å². The number of methoxy groups -OCH3 is 1. The van der Waals surface area contributed by atoms with Gasteiger partial charge in [0.2, 0.25) is 11.9 Å². The Hall–Kier alpha value is -2.55. The van der Waals surface area contributed by atoms with Crippen molar-refractivity contribution in [1.29, 1.82) is 0 Å². The first-order valence-corrected chi connectivity index (χ1v) is 12.4. The number of likely N-dealkylation sites (tertiary alicyclic amines) is 1. The molecular formula is C23H33F3N6O5. The first-order valence-electron chi connectivity index (χ1n) is 12.4. The summed E-state index contributed by atoms with van der Waals surface area (Å²) < 4.78 is 56.8. The zero-order valence-electron chi connectivity index (χ0n) is 20.9. The number of amides is 2. The molecule has 0 aliphatic carbocycles. The number of aromatic nitrogens is 2. The van der Waals surface area contributed by atoms with Gasteiger partial charge < -0.3 is 24.0 Å². The summed E-state index contributed by atoms with van der Waals surface area (Å²) in [4.78, 5) is 37.6. The van der Waals surface area contributed by atoms with Crippen molar-refractivity contribution in [3.05, 3.63) is 18.0 Å². The van der Waals surface area contributed by atoms with Gasteiger partial charge in [-0.1, -0.05) is 0 Å². The van der Waals surface area contributed by atoms with Crippen LogP contribution in [0.25, 0.3) is 0 Å². The fourth-order valence-electron chi connectivity index (χ4n) is 4.99. The van der Waals surface area contributed by atoms with E-state index in [0.717, 1.165) is 31.5 Å². The van der Waals surface area contributed by atoms with Gasteiger partial charge in [-0.15, -0.1) is 0 Å². The molecule has 3 saturated heterocycles. The summed E-state index contributed by atoms with van der Waals surface area (Å²) in [6.07, 6.45) is -2.19. The fourth-order valence-corrected chi connectivity index (χ4v) is 4.99. The molecule has 0 bridgehead atoms. The maximum Gasteiger partial charge on any atom is 0.403 e. The molecule has 2 N–H and O–H groups in total. The molecule has 3 aliphatic rings. The zero-order valence-corrected chi connectivity index (χ0v) is 20.9. The summed E-state index contributed by atoms with van der Waals surface area (Å²) in [6.45, 7) is 3.54. The lowest BCUT2D eigenvalue weighted by molar-refractivity contribution is -0.223. The molecule has 206 valence electrons. The van der Waals surface area contributed by atoms with Gasteiger partial charge in [0, 0.05) is 58.1 Å². The number of hydrazine groups is 1. The molecule has 11 nitrogen and oxygen atoms in total. The number of nitrogens with one attached hydrogen (secondary N) is 2. The van der Waals surface area contributed by atoms with E-state index in [1.165, 1.54) is 7.11 Å². The number of piperidine rings is 1. The van der Waals surface area contributed by atoms with Crippen LogP contribution < -0.4 is 15.8 Å². The Kier molecular flexibility index (Phi) is 8.82. The average Bonchev–Trinajstić information content (AvgIpc) is 3.22. The lowest BCUT2D eigenvalue weighted by Crippen LogP contribution is -2.61. The predicted octanol–water partition coefficient (Wildman–Crippen LogP) is 0.584. The molecular weight excluding hydrogens is 497 g/mol. The van der Waals surface area contributed by atoms with E-state index in [1.807, 2.05) is 17.2 Å². The number of nitrogens with zero attached hydrogens (tertiary/aromatic N) is 4. The highest BCUT2D eigenvalue weighted by molar-refractivity contribution is 5.83. The number of anilines is 1.